The second kappa shape index (κ2) is 5.41. The summed E-state index contributed by atoms with van der Waals surface area (Å²) in [4.78, 5) is 11.9. The van der Waals surface area contributed by atoms with Crippen molar-refractivity contribution < 1.29 is 14.3 Å². The quantitative estimate of drug-likeness (QED) is 0.864. The topological polar surface area (TPSA) is 37.3 Å². The van der Waals surface area contributed by atoms with Crippen LogP contribution < -0.4 is 0 Å². The smallest absolute Gasteiger partial charge is 0.190 e. The number of Topliss-reactive ketones (excluding diaryl/α,β-unsaturated/α-hetero) is 1. The second-order valence-corrected chi connectivity index (χ2v) is 5.62. The molecular formula is C18H17FO2. The molecule has 0 unspecified atom stereocenters. The van der Waals surface area contributed by atoms with Gasteiger partial charge in [0.25, 0.3) is 0 Å². The average molecular weight is 284 g/mol. The largest absolute Gasteiger partial charge is 0.385 e. The fourth-order valence-electron chi connectivity index (χ4n) is 2.58. The highest BCUT2D eigenvalue weighted by atomic mass is 19.1. The summed E-state index contributed by atoms with van der Waals surface area (Å²) in [7, 11) is 0. The zero-order chi connectivity index (χ0) is 15.0. The van der Waals surface area contributed by atoms with Gasteiger partial charge in [-0.3, -0.25) is 4.79 Å². The van der Waals surface area contributed by atoms with Gasteiger partial charge in [0, 0.05) is 5.56 Å². The van der Waals surface area contributed by atoms with Crippen molar-refractivity contribution in [3.63, 3.8) is 0 Å². The lowest BCUT2D eigenvalue weighted by atomic mass is 9.93. The van der Waals surface area contributed by atoms with Gasteiger partial charge in [0.2, 0.25) is 0 Å². The van der Waals surface area contributed by atoms with Crippen LogP contribution in [0.1, 0.15) is 41.6 Å². The van der Waals surface area contributed by atoms with E-state index in [1.165, 1.54) is 19.1 Å². The van der Waals surface area contributed by atoms with E-state index in [-0.39, 0.29) is 11.6 Å². The highest BCUT2D eigenvalue weighted by Crippen LogP contribution is 2.44. The molecule has 1 fully saturated rings. The van der Waals surface area contributed by atoms with Gasteiger partial charge in [0.15, 0.2) is 5.78 Å². The first-order chi connectivity index (χ1) is 10.1. The van der Waals surface area contributed by atoms with Crippen molar-refractivity contribution in [1.82, 2.24) is 0 Å². The summed E-state index contributed by atoms with van der Waals surface area (Å²) in [6.07, 6.45) is 1.23. The highest BCUT2D eigenvalue weighted by Gasteiger charge is 2.27. The Morgan fingerprint density at radius 2 is 1.86 bits per heavy atom. The molecule has 1 atom stereocenters. The fourth-order valence-corrected chi connectivity index (χ4v) is 2.58. The Hall–Kier alpha value is -2.00. The number of carbonyl (C=O) groups excluding carboxylic acids is 1. The molecule has 0 bridgehead atoms. The minimum absolute atomic E-state index is 0.257. The lowest BCUT2D eigenvalue weighted by Gasteiger charge is -2.12. The van der Waals surface area contributed by atoms with Crippen LogP contribution in [0.3, 0.4) is 0 Å². The Balaban J connectivity index is 2.05. The number of aliphatic hydroxyl groups is 1. The summed E-state index contributed by atoms with van der Waals surface area (Å²) in [5, 5.41) is 9.45. The summed E-state index contributed by atoms with van der Waals surface area (Å²) in [5.41, 5.74) is 3.65. The summed E-state index contributed by atoms with van der Waals surface area (Å²) in [6, 6.07) is 11.9. The number of rotatable bonds is 4. The molecule has 1 aliphatic rings. The summed E-state index contributed by atoms with van der Waals surface area (Å²) >= 11 is 0. The minimum atomic E-state index is -0.992. The molecular weight excluding hydrogens is 267 g/mol. The van der Waals surface area contributed by atoms with Gasteiger partial charge in [-0.05, 0) is 60.6 Å². The predicted octanol–water partition coefficient (Wildman–Crippen LogP) is 3.93. The van der Waals surface area contributed by atoms with Crippen molar-refractivity contribution in [3.8, 4) is 11.1 Å². The second-order valence-electron chi connectivity index (χ2n) is 5.62. The molecule has 0 aliphatic heterocycles. The molecule has 21 heavy (non-hydrogen) atoms. The Bertz CT molecular complexity index is 670. The van der Waals surface area contributed by atoms with Crippen LogP contribution in [0.25, 0.3) is 11.1 Å². The van der Waals surface area contributed by atoms with Gasteiger partial charge in [-0.15, -0.1) is 0 Å². The van der Waals surface area contributed by atoms with Crippen LogP contribution in [0, 0.1) is 5.82 Å². The van der Waals surface area contributed by atoms with Crippen LogP contribution in [-0.4, -0.2) is 17.0 Å². The predicted molar refractivity (Wildman–Crippen MR) is 79.8 cm³/mol. The zero-order valence-corrected chi connectivity index (χ0v) is 11.8. The van der Waals surface area contributed by atoms with E-state index in [1.54, 1.807) is 18.2 Å². The Morgan fingerprint density at radius 1 is 1.19 bits per heavy atom. The lowest BCUT2D eigenvalue weighted by Crippen LogP contribution is -2.16. The van der Waals surface area contributed by atoms with Gasteiger partial charge in [0.1, 0.15) is 11.9 Å². The van der Waals surface area contributed by atoms with Gasteiger partial charge in [-0.25, -0.2) is 4.39 Å². The van der Waals surface area contributed by atoms with Crippen LogP contribution in [0.2, 0.25) is 0 Å². The number of hydrogen-bond donors (Lipinski definition) is 1. The van der Waals surface area contributed by atoms with Crippen molar-refractivity contribution in [2.75, 3.05) is 0 Å². The van der Waals surface area contributed by atoms with E-state index in [2.05, 4.69) is 0 Å². The first-order valence-corrected chi connectivity index (χ1v) is 7.18. The molecule has 1 aliphatic carbocycles. The molecule has 2 nitrogen and oxygen atoms in total. The first-order valence-electron chi connectivity index (χ1n) is 7.18. The van der Waals surface area contributed by atoms with Gasteiger partial charge >= 0.3 is 0 Å². The minimum Gasteiger partial charge on any atom is -0.385 e. The molecule has 0 aromatic heterocycles. The van der Waals surface area contributed by atoms with Gasteiger partial charge in [-0.2, -0.15) is 0 Å². The molecule has 0 radical (unpaired) electrons. The van der Waals surface area contributed by atoms with Crippen molar-refractivity contribution >= 4 is 5.78 Å². The maximum atomic E-state index is 13.1. The Kier molecular flexibility index (Phi) is 3.60. The molecule has 0 spiro atoms. The van der Waals surface area contributed by atoms with E-state index >= 15 is 0 Å². The SMILES string of the molecule is C[C@H](O)C(=O)c1ccc(-c2ccc(F)cc2)c(C2CC2)c1. The van der Waals surface area contributed by atoms with Crippen LogP contribution in [-0.2, 0) is 0 Å². The molecule has 2 aromatic carbocycles. The van der Waals surface area contributed by atoms with E-state index in [0.717, 1.165) is 29.5 Å². The van der Waals surface area contributed by atoms with Crippen molar-refractivity contribution in [2.45, 2.75) is 31.8 Å². The van der Waals surface area contributed by atoms with Gasteiger partial charge < -0.3 is 5.11 Å². The molecule has 3 heteroatoms. The van der Waals surface area contributed by atoms with Crippen molar-refractivity contribution in [2.24, 2.45) is 0 Å². The molecule has 1 saturated carbocycles. The van der Waals surface area contributed by atoms with Crippen LogP contribution in [0.15, 0.2) is 42.5 Å². The maximum absolute atomic E-state index is 13.1. The van der Waals surface area contributed by atoms with Crippen LogP contribution in [0.4, 0.5) is 4.39 Å². The van der Waals surface area contributed by atoms with E-state index in [4.69, 9.17) is 0 Å². The van der Waals surface area contributed by atoms with Crippen molar-refractivity contribution in [1.29, 1.82) is 0 Å². The van der Waals surface area contributed by atoms with E-state index in [0.29, 0.717) is 11.5 Å². The number of aliphatic hydroxyl groups excluding tert-OH is 1. The van der Waals surface area contributed by atoms with Crippen LogP contribution >= 0.6 is 0 Å². The first kappa shape index (κ1) is 14.0. The van der Waals surface area contributed by atoms with Gasteiger partial charge in [0.05, 0.1) is 0 Å². The summed E-state index contributed by atoms with van der Waals surface area (Å²) in [5.74, 6) is -0.0537. The molecule has 108 valence electrons. The zero-order valence-electron chi connectivity index (χ0n) is 11.8. The number of halogens is 1. The highest BCUT2D eigenvalue weighted by molar-refractivity contribution is 5.99. The number of hydrogen-bond acceptors (Lipinski definition) is 2. The Morgan fingerprint density at radius 3 is 2.43 bits per heavy atom. The standard InChI is InChI=1S/C18H17FO2/c1-11(20)18(21)14-6-9-16(17(10-14)13-2-3-13)12-4-7-15(19)8-5-12/h4-11,13,20H,2-3H2,1H3/t11-/m0/s1. The van der Waals surface area contributed by atoms with E-state index in [1.807, 2.05) is 12.1 Å². The van der Waals surface area contributed by atoms with Crippen LogP contribution in [0.5, 0.6) is 0 Å². The van der Waals surface area contributed by atoms with E-state index < -0.39 is 6.10 Å². The molecule has 0 saturated heterocycles. The number of carbonyl (C=O) groups is 1. The Labute approximate surface area is 123 Å². The third-order valence-corrected chi connectivity index (χ3v) is 3.89. The molecule has 3 rings (SSSR count). The third-order valence-electron chi connectivity index (χ3n) is 3.89. The fraction of sp³-hybridized carbons (Fsp3) is 0.278. The number of ketones is 1. The maximum Gasteiger partial charge on any atom is 0.190 e. The molecule has 2 aromatic rings. The van der Waals surface area contributed by atoms with Gasteiger partial charge in [-0.1, -0.05) is 24.3 Å². The monoisotopic (exact) mass is 284 g/mol. The van der Waals surface area contributed by atoms with E-state index in [9.17, 15) is 14.3 Å². The average Bonchev–Trinajstić information content (AvgIpc) is 3.31. The lowest BCUT2D eigenvalue weighted by molar-refractivity contribution is 0.0779. The molecule has 0 amide bonds. The molecule has 1 N–H and O–H groups in total. The summed E-state index contributed by atoms with van der Waals surface area (Å²) in [6.45, 7) is 1.48. The summed E-state index contributed by atoms with van der Waals surface area (Å²) < 4.78 is 13.1. The third kappa shape index (κ3) is 2.88. The van der Waals surface area contributed by atoms with Crippen molar-refractivity contribution in [3.05, 3.63) is 59.4 Å². The number of benzene rings is 2. The normalized spacial score (nSPS) is 15.8. The molecule has 0 heterocycles.